The van der Waals surface area contributed by atoms with Crippen molar-refractivity contribution in [2.45, 2.75) is 6.92 Å². The second kappa shape index (κ2) is 10.3. The van der Waals surface area contributed by atoms with Crippen LogP contribution < -0.4 is 15.5 Å². The third-order valence-electron chi connectivity index (χ3n) is 4.98. The highest BCUT2D eigenvalue weighted by Crippen LogP contribution is 2.23. The molecule has 170 valence electrons. The number of nitrogens with one attached hydrogen (secondary N) is 2. The molecule has 0 unspecified atom stereocenters. The van der Waals surface area contributed by atoms with E-state index in [2.05, 4.69) is 15.8 Å². The smallest absolute Gasteiger partial charge is 0.329 e. The molecule has 4 rings (SSSR count). The summed E-state index contributed by atoms with van der Waals surface area (Å²) < 4.78 is 6.82. The number of methoxy groups -OCH3 is 1. The molecule has 0 saturated heterocycles. The standard InChI is InChI=1S/C26H23N5O3/c1-18-7-6-8-19(15-18)24-20(17-31(30-24)22-9-4-3-5-10-22)16-27-29-26(33)25(32)28-21-11-13-23(34-2)14-12-21/h3-17H,1-2H3,(H,28,32)(H,29,33)/b27-16+. The van der Waals surface area contributed by atoms with Gasteiger partial charge in [0.25, 0.3) is 0 Å². The highest BCUT2D eigenvalue weighted by Gasteiger charge is 2.14. The molecule has 0 atom stereocenters. The second-order valence-electron chi connectivity index (χ2n) is 7.46. The van der Waals surface area contributed by atoms with Crippen molar-refractivity contribution in [2.75, 3.05) is 12.4 Å². The summed E-state index contributed by atoms with van der Waals surface area (Å²) in [5, 5.41) is 11.2. The molecule has 1 aromatic heterocycles. The molecule has 2 amide bonds. The third-order valence-corrected chi connectivity index (χ3v) is 4.98. The lowest BCUT2D eigenvalue weighted by atomic mass is 10.1. The largest absolute Gasteiger partial charge is 0.497 e. The van der Waals surface area contributed by atoms with Crippen LogP contribution in [0.25, 0.3) is 16.9 Å². The van der Waals surface area contributed by atoms with Gasteiger partial charge >= 0.3 is 11.8 Å². The van der Waals surface area contributed by atoms with Crippen molar-refractivity contribution < 1.29 is 14.3 Å². The fraction of sp³-hybridized carbons (Fsp3) is 0.0769. The van der Waals surface area contributed by atoms with Crippen LogP contribution in [0.15, 0.2) is 90.2 Å². The van der Waals surface area contributed by atoms with E-state index in [1.807, 2.05) is 67.7 Å². The van der Waals surface area contributed by atoms with Gasteiger partial charge in [-0.15, -0.1) is 0 Å². The first kappa shape index (κ1) is 22.5. The Labute approximate surface area is 196 Å². The number of carbonyl (C=O) groups excluding carboxylic acids is 2. The van der Waals surface area contributed by atoms with E-state index in [4.69, 9.17) is 9.84 Å². The predicted octanol–water partition coefficient (Wildman–Crippen LogP) is 3.95. The van der Waals surface area contributed by atoms with Gasteiger partial charge in [-0.1, -0.05) is 42.0 Å². The number of nitrogens with zero attached hydrogens (tertiary/aromatic N) is 3. The van der Waals surface area contributed by atoms with E-state index in [-0.39, 0.29) is 0 Å². The molecule has 0 spiro atoms. The Morgan fingerprint density at radius 3 is 2.44 bits per heavy atom. The van der Waals surface area contributed by atoms with Crippen molar-refractivity contribution in [3.63, 3.8) is 0 Å². The van der Waals surface area contributed by atoms with Gasteiger partial charge in [0, 0.05) is 23.0 Å². The van der Waals surface area contributed by atoms with E-state index in [9.17, 15) is 9.59 Å². The third kappa shape index (κ3) is 5.36. The van der Waals surface area contributed by atoms with Crippen molar-refractivity contribution in [1.29, 1.82) is 0 Å². The lowest BCUT2D eigenvalue weighted by Gasteiger charge is -2.05. The molecule has 0 radical (unpaired) electrons. The second-order valence-corrected chi connectivity index (χ2v) is 7.46. The summed E-state index contributed by atoms with van der Waals surface area (Å²) in [6, 6.07) is 24.3. The maximum Gasteiger partial charge on any atom is 0.329 e. The molecule has 4 aromatic rings. The lowest BCUT2D eigenvalue weighted by molar-refractivity contribution is -0.136. The van der Waals surface area contributed by atoms with Crippen molar-refractivity contribution in [3.05, 3.63) is 96.2 Å². The summed E-state index contributed by atoms with van der Waals surface area (Å²) >= 11 is 0. The van der Waals surface area contributed by atoms with Gasteiger partial charge in [0.15, 0.2) is 0 Å². The first-order valence-corrected chi connectivity index (χ1v) is 10.5. The van der Waals surface area contributed by atoms with Crippen molar-refractivity contribution >= 4 is 23.7 Å². The molecule has 2 N–H and O–H groups in total. The van der Waals surface area contributed by atoms with Gasteiger partial charge in [-0.3, -0.25) is 9.59 Å². The molecule has 0 aliphatic rings. The van der Waals surface area contributed by atoms with Crippen LogP contribution >= 0.6 is 0 Å². The minimum absolute atomic E-state index is 0.468. The van der Waals surface area contributed by atoms with Crippen LogP contribution in [0.4, 0.5) is 5.69 Å². The quantitative estimate of drug-likeness (QED) is 0.262. The van der Waals surface area contributed by atoms with E-state index >= 15 is 0 Å². The maximum atomic E-state index is 12.2. The van der Waals surface area contributed by atoms with Crippen LogP contribution in [0.2, 0.25) is 0 Å². The Bertz CT molecular complexity index is 1330. The first-order chi connectivity index (χ1) is 16.5. The van der Waals surface area contributed by atoms with Gasteiger partial charge in [-0.25, -0.2) is 10.1 Å². The van der Waals surface area contributed by atoms with Crippen LogP contribution in [0.3, 0.4) is 0 Å². The molecule has 0 bridgehead atoms. The van der Waals surface area contributed by atoms with E-state index in [0.717, 1.165) is 16.8 Å². The van der Waals surface area contributed by atoms with Gasteiger partial charge in [0.05, 0.1) is 19.0 Å². The van der Waals surface area contributed by atoms with Gasteiger partial charge in [-0.05, 0) is 49.4 Å². The maximum absolute atomic E-state index is 12.2. The molecule has 34 heavy (non-hydrogen) atoms. The average molecular weight is 454 g/mol. The van der Waals surface area contributed by atoms with Gasteiger partial charge < -0.3 is 10.1 Å². The molecule has 1 heterocycles. The van der Waals surface area contributed by atoms with Crippen molar-refractivity contribution in [3.8, 4) is 22.7 Å². The number of ether oxygens (including phenoxy) is 1. The number of para-hydroxylation sites is 1. The zero-order valence-electron chi connectivity index (χ0n) is 18.7. The molecule has 0 aliphatic carbocycles. The lowest BCUT2D eigenvalue weighted by Crippen LogP contribution is -2.32. The Kier molecular flexibility index (Phi) is 6.78. The number of hydrazone groups is 1. The topological polar surface area (TPSA) is 97.6 Å². The summed E-state index contributed by atoms with van der Waals surface area (Å²) in [7, 11) is 1.55. The van der Waals surface area contributed by atoms with Crippen LogP contribution in [0, 0.1) is 6.92 Å². The van der Waals surface area contributed by atoms with E-state index in [1.165, 1.54) is 6.21 Å². The molecule has 0 saturated carbocycles. The van der Waals surface area contributed by atoms with E-state index in [0.29, 0.717) is 22.7 Å². The van der Waals surface area contributed by atoms with E-state index < -0.39 is 11.8 Å². The van der Waals surface area contributed by atoms with Crippen molar-refractivity contribution in [1.82, 2.24) is 15.2 Å². The zero-order valence-corrected chi connectivity index (χ0v) is 18.7. The molecule has 3 aromatic carbocycles. The number of benzene rings is 3. The number of rotatable bonds is 6. The van der Waals surface area contributed by atoms with Gasteiger partial charge in [-0.2, -0.15) is 10.2 Å². The molecular formula is C26H23N5O3. The molecule has 8 heteroatoms. The normalized spacial score (nSPS) is 10.8. The fourth-order valence-electron chi connectivity index (χ4n) is 3.28. The van der Waals surface area contributed by atoms with Gasteiger partial charge in [0.1, 0.15) is 11.4 Å². The summed E-state index contributed by atoms with van der Waals surface area (Å²) in [5.41, 5.74) is 7.03. The number of hydrogen-bond donors (Lipinski definition) is 2. The number of anilines is 1. The average Bonchev–Trinajstić information content (AvgIpc) is 3.29. The number of amides is 2. The minimum atomic E-state index is -0.889. The van der Waals surface area contributed by atoms with E-state index in [1.54, 1.807) is 36.1 Å². The summed E-state index contributed by atoms with van der Waals surface area (Å²) in [6.45, 7) is 2.01. The van der Waals surface area contributed by atoms with Crippen LogP contribution in [-0.2, 0) is 9.59 Å². The highest BCUT2D eigenvalue weighted by molar-refractivity contribution is 6.39. The summed E-state index contributed by atoms with van der Waals surface area (Å²) in [5.74, 6) is -1.08. The van der Waals surface area contributed by atoms with Gasteiger partial charge in [0.2, 0.25) is 0 Å². The molecule has 0 aliphatic heterocycles. The van der Waals surface area contributed by atoms with Crippen LogP contribution in [0.5, 0.6) is 5.75 Å². The zero-order chi connectivity index (χ0) is 23.9. The fourth-order valence-corrected chi connectivity index (χ4v) is 3.28. The summed E-state index contributed by atoms with van der Waals surface area (Å²) in [6.07, 6.45) is 3.29. The van der Waals surface area contributed by atoms with Crippen LogP contribution in [-0.4, -0.2) is 34.9 Å². The highest BCUT2D eigenvalue weighted by atomic mass is 16.5. The first-order valence-electron chi connectivity index (χ1n) is 10.5. The minimum Gasteiger partial charge on any atom is -0.497 e. The monoisotopic (exact) mass is 453 g/mol. The summed E-state index contributed by atoms with van der Waals surface area (Å²) in [4.78, 5) is 24.4. The Balaban J connectivity index is 1.51. The molecule has 0 fully saturated rings. The number of aromatic nitrogens is 2. The number of hydrogen-bond acceptors (Lipinski definition) is 5. The Morgan fingerprint density at radius 2 is 1.74 bits per heavy atom. The number of aryl methyl sites for hydroxylation is 1. The SMILES string of the molecule is COc1ccc(NC(=O)C(=O)N/N=C/c2cn(-c3ccccc3)nc2-c2cccc(C)c2)cc1. The van der Waals surface area contributed by atoms with Crippen molar-refractivity contribution in [2.24, 2.45) is 5.10 Å². The number of carbonyl (C=O) groups is 2. The Hall–Kier alpha value is -4.72. The van der Waals surface area contributed by atoms with Crippen LogP contribution in [0.1, 0.15) is 11.1 Å². The Morgan fingerprint density at radius 1 is 0.971 bits per heavy atom. The molecular weight excluding hydrogens is 430 g/mol. The molecule has 8 nitrogen and oxygen atoms in total. The predicted molar refractivity (Wildman–Crippen MR) is 131 cm³/mol.